The van der Waals surface area contributed by atoms with Gasteiger partial charge in [-0.3, -0.25) is 4.79 Å². The summed E-state index contributed by atoms with van der Waals surface area (Å²) in [4.78, 5) is 12.8. The summed E-state index contributed by atoms with van der Waals surface area (Å²) in [7, 11) is 0. The Bertz CT molecular complexity index is 928. The van der Waals surface area contributed by atoms with Gasteiger partial charge in [-0.25, -0.2) is 0 Å². The van der Waals surface area contributed by atoms with Gasteiger partial charge in [-0.2, -0.15) is 10.2 Å². The number of carbonyl (C=O) groups is 1. The van der Waals surface area contributed by atoms with Gasteiger partial charge >= 0.3 is 5.97 Å². The highest BCUT2D eigenvalue weighted by Gasteiger charge is 2.27. The highest BCUT2D eigenvalue weighted by atomic mass is 32.2. The van der Waals surface area contributed by atoms with Crippen LogP contribution in [0.1, 0.15) is 68.8 Å². The van der Waals surface area contributed by atoms with Crippen molar-refractivity contribution in [1.82, 2.24) is 10.2 Å². The Morgan fingerprint density at radius 2 is 2.10 bits per heavy atom. The van der Waals surface area contributed by atoms with Gasteiger partial charge in [0, 0.05) is 22.4 Å². The number of hydrogen-bond acceptors (Lipinski definition) is 5. The number of aryl methyl sites for hydroxylation is 1. The monoisotopic (exact) mass is 408 g/mol. The van der Waals surface area contributed by atoms with Crippen LogP contribution in [0.3, 0.4) is 0 Å². The highest BCUT2D eigenvalue weighted by molar-refractivity contribution is 7.99. The first-order valence-electron chi connectivity index (χ1n) is 10.2. The van der Waals surface area contributed by atoms with Gasteiger partial charge < -0.3 is 4.74 Å². The molecule has 0 saturated heterocycles. The summed E-state index contributed by atoms with van der Waals surface area (Å²) in [6, 6.07) is 8.46. The largest absolute Gasteiger partial charge is 0.466 e. The molecule has 0 spiro atoms. The molecule has 2 aromatic rings. The molecule has 0 radical (unpaired) electrons. The Morgan fingerprint density at radius 3 is 2.93 bits per heavy atom. The van der Waals surface area contributed by atoms with Crippen LogP contribution in [-0.4, -0.2) is 28.5 Å². The number of carbonyl (C=O) groups excluding carboxylic acids is 1. The molecule has 1 aromatic heterocycles. The summed E-state index contributed by atoms with van der Waals surface area (Å²) in [6.07, 6.45) is 5.70. The van der Waals surface area contributed by atoms with Gasteiger partial charge in [0.1, 0.15) is 0 Å². The van der Waals surface area contributed by atoms with Gasteiger partial charge in [-0.15, -0.1) is 11.8 Å². The van der Waals surface area contributed by atoms with Gasteiger partial charge in [0.05, 0.1) is 18.5 Å². The lowest BCUT2D eigenvalue weighted by Crippen LogP contribution is -2.22. The van der Waals surface area contributed by atoms with Gasteiger partial charge in [0.2, 0.25) is 0 Å². The second-order valence-electron chi connectivity index (χ2n) is 7.85. The van der Waals surface area contributed by atoms with E-state index in [0.717, 1.165) is 36.1 Å². The molecule has 0 N–H and O–H groups in total. The van der Waals surface area contributed by atoms with Crippen LogP contribution in [0.5, 0.6) is 0 Å². The number of nitrogens with zero attached hydrogens (tertiary/aromatic N) is 2. The normalized spacial score (nSPS) is 14.4. The summed E-state index contributed by atoms with van der Waals surface area (Å²) >= 11 is 1.93. The lowest BCUT2D eigenvalue weighted by atomic mass is 9.81. The maximum atomic E-state index is 11.5. The fourth-order valence-corrected chi connectivity index (χ4v) is 4.89. The molecular weight excluding hydrogens is 380 g/mol. The molecule has 5 heteroatoms. The molecule has 152 valence electrons. The molecule has 3 rings (SSSR count). The molecule has 1 aromatic carbocycles. The van der Waals surface area contributed by atoms with E-state index in [2.05, 4.69) is 54.1 Å². The zero-order valence-electron chi connectivity index (χ0n) is 17.5. The van der Waals surface area contributed by atoms with Crippen LogP contribution in [-0.2, 0) is 21.4 Å². The molecule has 0 saturated carbocycles. The van der Waals surface area contributed by atoms with E-state index in [1.807, 2.05) is 24.8 Å². The first-order valence-corrected chi connectivity index (χ1v) is 11.2. The average molecular weight is 409 g/mol. The molecule has 1 aliphatic heterocycles. The Labute approximate surface area is 177 Å². The van der Waals surface area contributed by atoms with Crippen molar-refractivity contribution in [3.63, 3.8) is 0 Å². The van der Waals surface area contributed by atoms with Crippen molar-refractivity contribution in [3.05, 3.63) is 52.8 Å². The van der Waals surface area contributed by atoms with Crippen LogP contribution in [0.2, 0.25) is 0 Å². The minimum atomic E-state index is -0.139. The van der Waals surface area contributed by atoms with E-state index in [9.17, 15) is 4.79 Å². The van der Waals surface area contributed by atoms with Crippen molar-refractivity contribution < 1.29 is 9.53 Å². The van der Waals surface area contributed by atoms with Crippen molar-refractivity contribution in [3.8, 4) is 11.8 Å². The lowest BCUT2D eigenvalue weighted by Gasteiger charge is -2.32. The minimum absolute atomic E-state index is 0.139. The van der Waals surface area contributed by atoms with Crippen molar-refractivity contribution in [2.45, 2.75) is 63.2 Å². The number of aromatic nitrogens is 2. The number of esters is 1. The molecule has 0 bridgehead atoms. The molecule has 4 nitrogen and oxygen atoms in total. The smallest absolute Gasteiger partial charge is 0.305 e. The summed E-state index contributed by atoms with van der Waals surface area (Å²) in [6.45, 7) is 6.87. The predicted octanol–water partition coefficient (Wildman–Crippen LogP) is 4.93. The quantitative estimate of drug-likeness (QED) is 0.385. The van der Waals surface area contributed by atoms with Crippen molar-refractivity contribution in [2.24, 2.45) is 0 Å². The number of ether oxygens (including phenoxy) is 1. The fourth-order valence-electron chi connectivity index (χ4n) is 3.41. The van der Waals surface area contributed by atoms with Crippen LogP contribution in [0.4, 0.5) is 0 Å². The second kappa shape index (κ2) is 9.93. The Balaban J connectivity index is 1.69. The third-order valence-electron chi connectivity index (χ3n) is 5.18. The second-order valence-corrected chi connectivity index (χ2v) is 8.98. The van der Waals surface area contributed by atoms with Gasteiger partial charge in [-0.05, 0) is 73.6 Å². The topological polar surface area (TPSA) is 52.1 Å². The number of hydrogen-bond donors (Lipinski definition) is 0. The molecule has 0 fully saturated rings. The molecule has 0 unspecified atom stereocenters. The molecule has 2 heterocycles. The number of unbranched alkanes of at least 4 members (excludes halogenated alkanes) is 1. The zero-order valence-corrected chi connectivity index (χ0v) is 18.3. The highest BCUT2D eigenvalue weighted by Crippen LogP contribution is 2.41. The summed E-state index contributed by atoms with van der Waals surface area (Å²) in [5, 5.41) is 8.27. The Kier molecular flexibility index (Phi) is 7.33. The minimum Gasteiger partial charge on any atom is -0.466 e. The van der Waals surface area contributed by atoms with Crippen molar-refractivity contribution in [1.29, 1.82) is 0 Å². The Morgan fingerprint density at radius 1 is 1.24 bits per heavy atom. The van der Waals surface area contributed by atoms with Crippen molar-refractivity contribution >= 4 is 17.7 Å². The standard InChI is InChI=1S/C24H28N2O2S/c1-4-28-23(27)8-6-5-7-21-19(13-15-25-26-21)11-9-18-10-12-22-20(17-18)24(2,3)14-16-29-22/h10,12-13,15,17H,4-8,14,16H2,1-3H3. The molecule has 0 amide bonds. The maximum absolute atomic E-state index is 11.5. The van der Waals surface area contributed by atoms with Gasteiger partial charge in [0.25, 0.3) is 0 Å². The average Bonchev–Trinajstić information content (AvgIpc) is 2.71. The van der Waals surface area contributed by atoms with E-state index in [0.29, 0.717) is 13.0 Å². The fraction of sp³-hybridized carbons (Fsp3) is 0.458. The predicted molar refractivity (Wildman–Crippen MR) is 117 cm³/mol. The van der Waals surface area contributed by atoms with Crippen LogP contribution in [0.15, 0.2) is 35.4 Å². The number of rotatable bonds is 6. The lowest BCUT2D eigenvalue weighted by molar-refractivity contribution is -0.143. The zero-order chi connectivity index (χ0) is 20.7. The first kappa shape index (κ1) is 21.4. The third-order valence-corrected chi connectivity index (χ3v) is 6.26. The molecule has 29 heavy (non-hydrogen) atoms. The SMILES string of the molecule is CCOC(=O)CCCCc1nnccc1C#Cc1ccc2c(c1)C(C)(C)CCS2. The van der Waals surface area contributed by atoms with Gasteiger partial charge in [0.15, 0.2) is 0 Å². The number of benzene rings is 1. The third kappa shape index (κ3) is 5.83. The summed E-state index contributed by atoms with van der Waals surface area (Å²) < 4.78 is 4.97. The first-order chi connectivity index (χ1) is 14.0. The van der Waals surface area contributed by atoms with E-state index in [-0.39, 0.29) is 11.4 Å². The van der Waals surface area contributed by atoms with E-state index in [1.165, 1.54) is 22.6 Å². The van der Waals surface area contributed by atoms with Crippen LogP contribution >= 0.6 is 11.8 Å². The molecular formula is C24H28N2O2S. The summed E-state index contributed by atoms with van der Waals surface area (Å²) in [5.74, 6) is 7.63. The molecule has 0 aliphatic carbocycles. The van der Waals surface area contributed by atoms with Crippen LogP contribution in [0.25, 0.3) is 0 Å². The van der Waals surface area contributed by atoms with Gasteiger partial charge in [-0.1, -0.05) is 25.7 Å². The van der Waals surface area contributed by atoms with E-state index in [4.69, 9.17) is 4.74 Å². The Hall–Kier alpha value is -2.32. The van der Waals surface area contributed by atoms with Crippen LogP contribution in [0, 0.1) is 11.8 Å². The van der Waals surface area contributed by atoms with E-state index >= 15 is 0 Å². The van der Waals surface area contributed by atoms with E-state index < -0.39 is 0 Å². The summed E-state index contributed by atoms with van der Waals surface area (Å²) in [5.41, 5.74) is 4.41. The maximum Gasteiger partial charge on any atom is 0.305 e. The number of thioether (sulfide) groups is 1. The van der Waals surface area contributed by atoms with Crippen LogP contribution < -0.4 is 0 Å². The molecule has 1 aliphatic rings. The van der Waals surface area contributed by atoms with E-state index in [1.54, 1.807) is 6.20 Å². The number of fused-ring (bicyclic) bond motifs is 1. The molecule has 0 atom stereocenters. The van der Waals surface area contributed by atoms with Crippen molar-refractivity contribution in [2.75, 3.05) is 12.4 Å².